The lowest BCUT2D eigenvalue weighted by Crippen LogP contribution is -2.07. The van der Waals surface area contributed by atoms with Crippen molar-refractivity contribution in [2.45, 2.75) is 26.7 Å². The number of hydrogen-bond donors (Lipinski definition) is 2. The summed E-state index contributed by atoms with van der Waals surface area (Å²) < 4.78 is 0.694. The number of carboxylic acid groups (broad SMARTS) is 1. The number of benzene rings is 1. The van der Waals surface area contributed by atoms with Crippen molar-refractivity contribution < 1.29 is 9.90 Å². The minimum absolute atomic E-state index is 0.247. The standard InChI is InChI=1S/C19H18ClN3O2S/c1-3-13-14(4-2)22-18(15-9-10-16(20)26-15)23-17(13)21-12-7-5-11(6-8-12)19(24)25/h5-10H,3-4H2,1-2H3,(H,24,25)(H,21,22,23). The number of anilines is 2. The number of rotatable bonds is 6. The van der Waals surface area contributed by atoms with Crippen LogP contribution in [0.15, 0.2) is 36.4 Å². The van der Waals surface area contributed by atoms with Crippen LogP contribution in [0.5, 0.6) is 0 Å². The Hall–Kier alpha value is -2.44. The van der Waals surface area contributed by atoms with Gasteiger partial charge in [0.2, 0.25) is 0 Å². The average molecular weight is 388 g/mol. The molecule has 0 aliphatic heterocycles. The van der Waals surface area contributed by atoms with Crippen molar-refractivity contribution in [3.63, 3.8) is 0 Å². The van der Waals surface area contributed by atoms with Crippen molar-refractivity contribution in [1.29, 1.82) is 0 Å². The Morgan fingerprint density at radius 3 is 2.38 bits per heavy atom. The van der Waals surface area contributed by atoms with E-state index in [2.05, 4.69) is 19.2 Å². The van der Waals surface area contributed by atoms with E-state index in [9.17, 15) is 4.79 Å². The molecule has 2 heterocycles. The van der Waals surface area contributed by atoms with Crippen LogP contribution >= 0.6 is 22.9 Å². The third kappa shape index (κ3) is 3.86. The van der Waals surface area contributed by atoms with E-state index in [0.717, 1.165) is 40.5 Å². The SMILES string of the molecule is CCc1nc(-c2ccc(Cl)s2)nc(Nc2ccc(C(=O)O)cc2)c1CC. The van der Waals surface area contributed by atoms with Crippen molar-refractivity contribution in [2.75, 3.05) is 5.32 Å². The van der Waals surface area contributed by atoms with E-state index in [1.165, 1.54) is 11.3 Å². The van der Waals surface area contributed by atoms with Gasteiger partial charge in [0, 0.05) is 16.9 Å². The second-order valence-electron chi connectivity index (χ2n) is 5.64. The smallest absolute Gasteiger partial charge is 0.335 e. The fraction of sp³-hybridized carbons (Fsp3) is 0.211. The zero-order valence-corrected chi connectivity index (χ0v) is 16.0. The molecule has 3 aromatic rings. The van der Waals surface area contributed by atoms with E-state index >= 15 is 0 Å². The molecule has 2 N–H and O–H groups in total. The molecule has 0 fully saturated rings. The largest absolute Gasteiger partial charge is 0.478 e. The predicted molar refractivity (Wildman–Crippen MR) is 106 cm³/mol. The van der Waals surface area contributed by atoms with Crippen LogP contribution in [0.25, 0.3) is 10.7 Å². The number of carboxylic acids is 1. The highest BCUT2D eigenvalue weighted by Gasteiger charge is 2.15. The summed E-state index contributed by atoms with van der Waals surface area (Å²) in [6, 6.07) is 10.4. The van der Waals surface area contributed by atoms with E-state index in [1.54, 1.807) is 24.3 Å². The molecular formula is C19H18ClN3O2S. The molecule has 0 atom stereocenters. The number of halogens is 1. The summed E-state index contributed by atoms with van der Waals surface area (Å²) >= 11 is 7.49. The molecule has 0 bridgehead atoms. The van der Waals surface area contributed by atoms with Gasteiger partial charge in [0.15, 0.2) is 5.82 Å². The average Bonchev–Trinajstić information content (AvgIpc) is 3.08. The van der Waals surface area contributed by atoms with E-state index in [4.69, 9.17) is 26.7 Å². The number of aromatic carboxylic acids is 1. The second kappa shape index (κ2) is 7.85. The minimum atomic E-state index is -0.946. The number of thiophene rings is 1. The Bertz CT molecular complexity index is 938. The normalized spacial score (nSPS) is 10.7. The van der Waals surface area contributed by atoms with Crippen molar-refractivity contribution in [1.82, 2.24) is 9.97 Å². The van der Waals surface area contributed by atoms with Crippen LogP contribution in [0.3, 0.4) is 0 Å². The first-order valence-corrected chi connectivity index (χ1v) is 9.47. The molecule has 1 aromatic carbocycles. The number of carbonyl (C=O) groups is 1. The van der Waals surface area contributed by atoms with Gasteiger partial charge in [-0.3, -0.25) is 0 Å². The summed E-state index contributed by atoms with van der Waals surface area (Å²) in [6.07, 6.45) is 1.59. The van der Waals surface area contributed by atoms with E-state index in [1.807, 2.05) is 12.1 Å². The van der Waals surface area contributed by atoms with Gasteiger partial charge in [0.05, 0.1) is 14.8 Å². The van der Waals surface area contributed by atoms with Crippen LogP contribution in [0, 0.1) is 0 Å². The molecule has 0 radical (unpaired) electrons. The van der Waals surface area contributed by atoms with E-state index < -0.39 is 5.97 Å². The first kappa shape index (κ1) is 18.4. The third-order valence-corrected chi connectivity index (χ3v) is 5.20. The van der Waals surface area contributed by atoms with Crippen LogP contribution in [-0.4, -0.2) is 21.0 Å². The van der Waals surface area contributed by atoms with E-state index in [0.29, 0.717) is 10.2 Å². The molecular weight excluding hydrogens is 370 g/mol. The molecule has 0 spiro atoms. The topological polar surface area (TPSA) is 75.1 Å². The van der Waals surface area contributed by atoms with Crippen LogP contribution < -0.4 is 5.32 Å². The van der Waals surface area contributed by atoms with Crippen molar-refractivity contribution in [2.24, 2.45) is 0 Å². The first-order valence-electron chi connectivity index (χ1n) is 8.27. The predicted octanol–water partition coefficient (Wildman–Crippen LogP) is 5.43. The van der Waals surface area contributed by atoms with Gasteiger partial charge in [0.25, 0.3) is 0 Å². The Morgan fingerprint density at radius 2 is 1.85 bits per heavy atom. The van der Waals surface area contributed by atoms with Gasteiger partial charge in [-0.15, -0.1) is 11.3 Å². The van der Waals surface area contributed by atoms with Gasteiger partial charge < -0.3 is 10.4 Å². The number of aromatic nitrogens is 2. The molecule has 0 saturated heterocycles. The highest BCUT2D eigenvalue weighted by atomic mass is 35.5. The van der Waals surface area contributed by atoms with Gasteiger partial charge >= 0.3 is 5.97 Å². The van der Waals surface area contributed by atoms with Crippen molar-refractivity contribution in [3.05, 3.63) is 57.6 Å². The second-order valence-corrected chi connectivity index (χ2v) is 7.35. The molecule has 5 nitrogen and oxygen atoms in total. The molecule has 0 saturated carbocycles. The Morgan fingerprint density at radius 1 is 1.12 bits per heavy atom. The first-order chi connectivity index (χ1) is 12.5. The maximum absolute atomic E-state index is 11.0. The van der Waals surface area contributed by atoms with Crippen molar-refractivity contribution >= 4 is 40.4 Å². The number of nitrogens with one attached hydrogen (secondary N) is 1. The van der Waals surface area contributed by atoms with Gasteiger partial charge in [-0.1, -0.05) is 25.4 Å². The summed E-state index contributed by atoms with van der Waals surface area (Å²) in [4.78, 5) is 21.3. The minimum Gasteiger partial charge on any atom is -0.478 e. The molecule has 3 rings (SSSR count). The summed E-state index contributed by atoms with van der Waals surface area (Å²) in [5, 5.41) is 12.3. The van der Waals surface area contributed by atoms with Crippen LogP contribution in [-0.2, 0) is 12.8 Å². The van der Waals surface area contributed by atoms with E-state index in [-0.39, 0.29) is 5.56 Å². The molecule has 2 aromatic heterocycles. The Labute approximate surface area is 160 Å². The Kier molecular flexibility index (Phi) is 5.54. The zero-order valence-electron chi connectivity index (χ0n) is 14.4. The highest BCUT2D eigenvalue weighted by Crippen LogP contribution is 2.32. The fourth-order valence-corrected chi connectivity index (χ4v) is 3.65. The molecule has 0 aliphatic rings. The van der Waals surface area contributed by atoms with Gasteiger partial charge in [-0.25, -0.2) is 14.8 Å². The van der Waals surface area contributed by atoms with Gasteiger partial charge in [-0.05, 0) is 49.2 Å². The molecule has 0 amide bonds. The maximum atomic E-state index is 11.0. The number of aryl methyl sites for hydroxylation is 1. The summed E-state index contributed by atoms with van der Waals surface area (Å²) in [5.74, 6) is 0.431. The fourth-order valence-electron chi connectivity index (χ4n) is 2.68. The maximum Gasteiger partial charge on any atom is 0.335 e. The summed E-state index contributed by atoms with van der Waals surface area (Å²) in [6.45, 7) is 4.14. The van der Waals surface area contributed by atoms with Gasteiger partial charge in [-0.2, -0.15) is 0 Å². The molecule has 0 unspecified atom stereocenters. The lowest BCUT2D eigenvalue weighted by molar-refractivity contribution is 0.0697. The monoisotopic (exact) mass is 387 g/mol. The lowest BCUT2D eigenvalue weighted by Gasteiger charge is -2.15. The molecule has 7 heteroatoms. The van der Waals surface area contributed by atoms with Crippen LogP contribution in [0.1, 0.15) is 35.5 Å². The quantitative estimate of drug-likeness (QED) is 0.590. The summed E-state index contributed by atoms with van der Waals surface area (Å²) in [5.41, 5.74) is 3.07. The van der Waals surface area contributed by atoms with Crippen molar-refractivity contribution in [3.8, 4) is 10.7 Å². The zero-order chi connectivity index (χ0) is 18.7. The highest BCUT2D eigenvalue weighted by molar-refractivity contribution is 7.19. The Balaban J connectivity index is 2.02. The molecule has 0 aliphatic carbocycles. The molecule has 134 valence electrons. The van der Waals surface area contributed by atoms with Crippen LogP contribution in [0.2, 0.25) is 4.34 Å². The number of hydrogen-bond acceptors (Lipinski definition) is 5. The van der Waals surface area contributed by atoms with Crippen LogP contribution in [0.4, 0.5) is 11.5 Å². The van der Waals surface area contributed by atoms with Gasteiger partial charge in [0.1, 0.15) is 5.82 Å². The third-order valence-electron chi connectivity index (χ3n) is 3.97. The number of nitrogens with zero attached hydrogens (tertiary/aromatic N) is 2. The summed E-state index contributed by atoms with van der Waals surface area (Å²) in [7, 11) is 0. The molecule has 26 heavy (non-hydrogen) atoms. The lowest BCUT2D eigenvalue weighted by atomic mass is 10.1.